The summed E-state index contributed by atoms with van der Waals surface area (Å²) in [5.74, 6) is -0.134. The Hall–Kier alpha value is -2.13. The van der Waals surface area contributed by atoms with E-state index in [-0.39, 0.29) is 19.1 Å². The predicted octanol–water partition coefficient (Wildman–Crippen LogP) is 3.07. The predicted molar refractivity (Wildman–Crippen MR) is 74.9 cm³/mol. The maximum atomic E-state index is 12.5. The van der Waals surface area contributed by atoms with Gasteiger partial charge in [0.05, 0.1) is 6.54 Å². The molecule has 97 valence electrons. The van der Waals surface area contributed by atoms with E-state index in [2.05, 4.69) is 0 Å². The second kappa shape index (κ2) is 6.16. The lowest BCUT2D eigenvalue weighted by molar-refractivity contribution is 0.0973. The number of benzene rings is 2. The van der Waals surface area contributed by atoms with Gasteiger partial charge in [0.25, 0.3) is 5.91 Å². The monoisotopic (exact) mass is 254 g/mol. The molecular weight excluding hydrogens is 238 g/mol. The maximum absolute atomic E-state index is 12.5. The molecule has 2 rings (SSSR count). The van der Waals surface area contributed by atoms with Crippen LogP contribution in [0.4, 0.5) is 5.69 Å². The Kier molecular flexibility index (Phi) is 4.31. The number of nitrogens with zero attached hydrogens (tertiary/aromatic N) is 1. The molecular formula is C16H16NO2. The van der Waals surface area contributed by atoms with Gasteiger partial charge in [-0.1, -0.05) is 36.4 Å². The minimum Gasteiger partial charge on any atom is -0.306 e. The van der Waals surface area contributed by atoms with Gasteiger partial charge in [-0.25, -0.2) is 5.11 Å². The highest BCUT2D eigenvalue weighted by Gasteiger charge is 2.18. The van der Waals surface area contributed by atoms with Crippen LogP contribution in [0.25, 0.3) is 0 Å². The van der Waals surface area contributed by atoms with E-state index in [1.165, 1.54) is 0 Å². The van der Waals surface area contributed by atoms with Crippen LogP contribution < -0.4 is 4.90 Å². The van der Waals surface area contributed by atoms with E-state index in [9.17, 15) is 9.90 Å². The van der Waals surface area contributed by atoms with Gasteiger partial charge in [-0.2, -0.15) is 0 Å². The average molecular weight is 254 g/mol. The molecule has 3 nitrogen and oxygen atoms in total. The van der Waals surface area contributed by atoms with Crippen LogP contribution in [0.3, 0.4) is 0 Å². The molecule has 0 spiro atoms. The Balaban J connectivity index is 2.36. The zero-order chi connectivity index (χ0) is 13.7. The summed E-state index contributed by atoms with van der Waals surface area (Å²) >= 11 is 0. The van der Waals surface area contributed by atoms with Gasteiger partial charge in [0.2, 0.25) is 0 Å². The Morgan fingerprint density at radius 2 is 1.63 bits per heavy atom. The molecule has 0 N–H and O–H groups in total. The number of hydrogen-bond acceptors (Lipinski definition) is 1. The first kappa shape index (κ1) is 13.3. The molecule has 0 aliphatic rings. The quantitative estimate of drug-likeness (QED) is 0.826. The number of para-hydroxylation sites is 1. The molecule has 1 radical (unpaired) electrons. The summed E-state index contributed by atoms with van der Waals surface area (Å²) in [7, 11) is 0. The number of carbonyl (C=O) groups excluding carboxylic acids is 1. The van der Waals surface area contributed by atoms with Gasteiger partial charge >= 0.3 is 0 Å². The molecule has 0 bridgehead atoms. The van der Waals surface area contributed by atoms with Gasteiger partial charge in [0.15, 0.2) is 0 Å². The normalized spacial score (nSPS) is 10.2. The van der Waals surface area contributed by atoms with Crippen LogP contribution in [0.1, 0.15) is 15.9 Å². The third-order valence-corrected chi connectivity index (χ3v) is 2.99. The molecule has 0 aromatic heterocycles. The summed E-state index contributed by atoms with van der Waals surface area (Å²) in [4.78, 5) is 14.0. The molecule has 3 heteroatoms. The Labute approximate surface area is 113 Å². The molecule has 19 heavy (non-hydrogen) atoms. The van der Waals surface area contributed by atoms with Crippen LogP contribution >= 0.6 is 0 Å². The zero-order valence-corrected chi connectivity index (χ0v) is 10.9. The summed E-state index contributed by atoms with van der Waals surface area (Å²) in [5.41, 5.74) is 2.38. The number of anilines is 1. The van der Waals surface area contributed by atoms with Gasteiger partial charge in [0, 0.05) is 11.3 Å². The van der Waals surface area contributed by atoms with Crippen molar-refractivity contribution < 1.29 is 9.90 Å². The second-order valence-corrected chi connectivity index (χ2v) is 4.31. The first-order valence-corrected chi connectivity index (χ1v) is 6.24. The molecule has 0 saturated carbocycles. The minimum atomic E-state index is -0.313. The fraction of sp³-hybridized carbons (Fsp3) is 0.188. The summed E-state index contributed by atoms with van der Waals surface area (Å²) < 4.78 is 0. The number of aryl methyl sites for hydroxylation is 1. The number of rotatable bonds is 4. The van der Waals surface area contributed by atoms with E-state index in [0.29, 0.717) is 5.56 Å². The molecule has 0 aliphatic heterocycles. The zero-order valence-electron chi connectivity index (χ0n) is 10.9. The van der Waals surface area contributed by atoms with Crippen LogP contribution in [0.2, 0.25) is 0 Å². The van der Waals surface area contributed by atoms with Crippen molar-refractivity contribution in [3.63, 3.8) is 0 Å². The largest absolute Gasteiger partial charge is 0.306 e. The van der Waals surface area contributed by atoms with Crippen LogP contribution in [-0.2, 0) is 5.11 Å². The third kappa shape index (κ3) is 3.01. The van der Waals surface area contributed by atoms with E-state index >= 15 is 0 Å². The Morgan fingerprint density at radius 3 is 2.26 bits per heavy atom. The average Bonchev–Trinajstić information content (AvgIpc) is 2.46. The first-order valence-electron chi connectivity index (χ1n) is 6.24. The Morgan fingerprint density at radius 1 is 1.00 bits per heavy atom. The lowest BCUT2D eigenvalue weighted by Crippen LogP contribution is -2.33. The number of hydrogen-bond donors (Lipinski definition) is 0. The highest BCUT2D eigenvalue weighted by Crippen LogP contribution is 2.21. The smallest absolute Gasteiger partial charge is 0.258 e. The highest BCUT2D eigenvalue weighted by atomic mass is 16.3. The van der Waals surface area contributed by atoms with Crippen molar-refractivity contribution in [2.75, 3.05) is 18.1 Å². The molecule has 0 atom stereocenters. The van der Waals surface area contributed by atoms with Crippen molar-refractivity contribution in [2.24, 2.45) is 0 Å². The SMILES string of the molecule is Cc1ccccc1N(CC[O])C(=O)c1ccccc1. The van der Waals surface area contributed by atoms with Crippen LogP contribution in [0, 0.1) is 6.92 Å². The summed E-state index contributed by atoms with van der Waals surface area (Å²) in [6.07, 6.45) is 0. The van der Waals surface area contributed by atoms with E-state index in [0.717, 1.165) is 11.3 Å². The molecule has 2 aromatic carbocycles. The van der Waals surface area contributed by atoms with E-state index < -0.39 is 0 Å². The molecule has 2 aromatic rings. The van der Waals surface area contributed by atoms with Crippen LogP contribution in [-0.4, -0.2) is 19.1 Å². The molecule has 0 saturated heterocycles. The van der Waals surface area contributed by atoms with E-state index in [4.69, 9.17) is 0 Å². The van der Waals surface area contributed by atoms with Crippen molar-refractivity contribution in [3.05, 3.63) is 65.7 Å². The van der Waals surface area contributed by atoms with Crippen molar-refractivity contribution in [1.82, 2.24) is 0 Å². The number of amides is 1. The standard InChI is InChI=1S/C16H16NO2/c1-13-7-5-6-10-15(13)17(11-12-18)16(19)14-8-3-2-4-9-14/h2-10H,11-12H2,1H3. The van der Waals surface area contributed by atoms with Crippen molar-refractivity contribution in [3.8, 4) is 0 Å². The van der Waals surface area contributed by atoms with Gasteiger partial charge in [-0.3, -0.25) is 4.79 Å². The molecule has 1 amide bonds. The van der Waals surface area contributed by atoms with E-state index in [1.54, 1.807) is 17.0 Å². The lowest BCUT2D eigenvalue weighted by atomic mass is 10.1. The van der Waals surface area contributed by atoms with Crippen LogP contribution in [0.15, 0.2) is 54.6 Å². The fourth-order valence-corrected chi connectivity index (χ4v) is 2.03. The minimum absolute atomic E-state index is 0.134. The topological polar surface area (TPSA) is 40.2 Å². The second-order valence-electron chi connectivity index (χ2n) is 4.31. The van der Waals surface area contributed by atoms with Gasteiger partial charge in [-0.05, 0) is 30.7 Å². The lowest BCUT2D eigenvalue weighted by Gasteiger charge is -2.23. The molecule has 0 unspecified atom stereocenters. The highest BCUT2D eigenvalue weighted by molar-refractivity contribution is 6.06. The maximum Gasteiger partial charge on any atom is 0.258 e. The molecule has 0 fully saturated rings. The third-order valence-electron chi connectivity index (χ3n) is 2.99. The summed E-state index contributed by atoms with van der Waals surface area (Å²) in [5, 5.41) is 11.0. The van der Waals surface area contributed by atoms with Crippen molar-refractivity contribution in [2.45, 2.75) is 6.92 Å². The summed E-state index contributed by atoms with van der Waals surface area (Å²) in [6, 6.07) is 16.6. The van der Waals surface area contributed by atoms with Gasteiger partial charge < -0.3 is 4.90 Å². The van der Waals surface area contributed by atoms with Gasteiger partial charge in [0.1, 0.15) is 6.61 Å². The Bertz CT molecular complexity index is 552. The van der Waals surface area contributed by atoms with E-state index in [1.807, 2.05) is 49.4 Å². The fourth-order valence-electron chi connectivity index (χ4n) is 2.03. The first-order chi connectivity index (χ1) is 9.24. The number of carbonyl (C=O) groups is 1. The van der Waals surface area contributed by atoms with Crippen molar-refractivity contribution >= 4 is 11.6 Å². The van der Waals surface area contributed by atoms with Crippen molar-refractivity contribution in [1.29, 1.82) is 0 Å². The summed E-state index contributed by atoms with van der Waals surface area (Å²) in [6.45, 7) is 1.80. The molecule has 0 aliphatic carbocycles. The van der Waals surface area contributed by atoms with Gasteiger partial charge in [-0.15, -0.1) is 0 Å². The van der Waals surface area contributed by atoms with Crippen LogP contribution in [0.5, 0.6) is 0 Å². The molecule has 0 heterocycles.